The molecule has 1 N–H and O–H groups in total. The molecule has 0 radical (unpaired) electrons. The standard InChI is InChI=1S/C12H11F5N2O/c1-2-18-5-3-4-19(12(5)20)11-9(16)7(14)6(13)8(15)10(11)17/h5,18H,2-4H2,1H3. The molecule has 1 atom stereocenters. The van der Waals surface area contributed by atoms with Crippen LogP contribution in [0.2, 0.25) is 0 Å². The fraction of sp³-hybridized carbons (Fsp3) is 0.417. The van der Waals surface area contributed by atoms with Crippen LogP contribution < -0.4 is 10.2 Å². The van der Waals surface area contributed by atoms with Crippen molar-refractivity contribution in [1.82, 2.24) is 5.32 Å². The summed E-state index contributed by atoms with van der Waals surface area (Å²) in [6, 6.07) is -0.685. The van der Waals surface area contributed by atoms with Gasteiger partial charge < -0.3 is 10.2 Å². The molecule has 1 aliphatic heterocycles. The molecule has 20 heavy (non-hydrogen) atoms. The van der Waals surface area contributed by atoms with Crippen molar-refractivity contribution in [2.75, 3.05) is 18.0 Å². The molecule has 1 amide bonds. The molecule has 1 unspecified atom stereocenters. The van der Waals surface area contributed by atoms with Gasteiger partial charge in [0.2, 0.25) is 11.7 Å². The van der Waals surface area contributed by atoms with Gasteiger partial charge in [-0.15, -0.1) is 0 Å². The molecule has 1 fully saturated rings. The highest BCUT2D eigenvalue weighted by atomic mass is 19.2. The molecule has 1 heterocycles. The number of hydrogen-bond donors (Lipinski definition) is 1. The number of rotatable bonds is 3. The number of carbonyl (C=O) groups excluding carboxylic acids is 1. The summed E-state index contributed by atoms with van der Waals surface area (Å²) in [6.07, 6.45) is 0.228. The first kappa shape index (κ1) is 14.7. The van der Waals surface area contributed by atoms with Crippen molar-refractivity contribution in [1.29, 1.82) is 0 Å². The summed E-state index contributed by atoms with van der Waals surface area (Å²) in [6.45, 7) is 2.06. The Balaban J connectivity index is 2.47. The number of nitrogens with zero attached hydrogens (tertiary/aromatic N) is 1. The lowest BCUT2D eigenvalue weighted by molar-refractivity contribution is -0.118. The van der Waals surface area contributed by atoms with Crippen LogP contribution in [0.4, 0.5) is 27.6 Å². The van der Waals surface area contributed by atoms with Gasteiger partial charge in [0.1, 0.15) is 5.69 Å². The second kappa shape index (κ2) is 5.35. The molecule has 1 saturated heterocycles. The van der Waals surface area contributed by atoms with Gasteiger partial charge in [-0.05, 0) is 13.0 Å². The first-order valence-corrected chi connectivity index (χ1v) is 5.96. The number of carbonyl (C=O) groups is 1. The van der Waals surface area contributed by atoms with Crippen molar-refractivity contribution in [3.05, 3.63) is 29.1 Å². The molecule has 110 valence electrons. The van der Waals surface area contributed by atoms with Gasteiger partial charge in [-0.2, -0.15) is 0 Å². The molecule has 1 aromatic carbocycles. The van der Waals surface area contributed by atoms with Gasteiger partial charge in [0.05, 0.1) is 6.04 Å². The summed E-state index contributed by atoms with van der Waals surface area (Å²) < 4.78 is 66.4. The second-order valence-electron chi connectivity index (χ2n) is 4.31. The van der Waals surface area contributed by atoms with Gasteiger partial charge in [-0.3, -0.25) is 4.79 Å². The molecule has 0 aliphatic carbocycles. The van der Waals surface area contributed by atoms with E-state index >= 15 is 0 Å². The lowest BCUT2D eigenvalue weighted by Crippen LogP contribution is -2.39. The third kappa shape index (κ3) is 2.13. The summed E-state index contributed by atoms with van der Waals surface area (Å²) in [4.78, 5) is 12.5. The number of likely N-dealkylation sites (N-methyl/N-ethyl adjacent to an activating group) is 1. The molecule has 1 aliphatic rings. The van der Waals surface area contributed by atoms with Crippen LogP contribution in [-0.4, -0.2) is 25.0 Å². The van der Waals surface area contributed by atoms with E-state index in [-0.39, 0.29) is 13.0 Å². The predicted octanol–water partition coefficient (Wildman–Crippen LogP) is 2.10. The van der Waals surface area contributed by atoms with Crippen molar-refractivity contribution in [2.24, 2.45) is 0 Å². The highest BCUT2D eigenvalue weighted by Crippen LogP contribution is 2.32. The van der Waals surface area contributed by atoms with E-state index in [0.29, 0.717) is 11.4 Å². The summed E-state index contributed by atoms with van der Waals surface area (Å²) in [5.41, 5.74) is -1.19. The summed E-state index contributed by atoms with van der Waals surface area (Å²) in [5.74, 6) is -11.1. The Morgan fingerprint density at radius 3 is 2.05 bits per heavy atom. The third-order valence-corrected chi connectivity index (χ3v) is 3.11. The van der Waals surface area contributed by atoms with E-state index in [1.165, 1.54) is 0 Å². The number of amides is 1. The quantitative estimate of drug-likeness (QED) is 0.526. The Bertz CT molecular complexity index is 534. The van der Waals surface area contributed by atoms with Gasteiger partial charge in [0, 0.05) is 6.54 Å². The van der Waals surface area contributed by atoms with Gasteiger partial charge in [-0.25, -0.2) is 22.0 Å². The molecule has 0 spiro atoms. The van der Waals surface area contributed by atoms with Crippen LogP contribution in [0.1, 0.15) is 13.3 Å². The summed E-state index contributed by atoms with van der Waals surface area (Å²) in [7, 11) is 0. The van der Waals surface area contributed by atoms with E-state index in [1.54, 1.807) is 6.92 Å². The topological polar surface area (TPSA) is 32.3 Å². The molecule has 3 nitrogen and oxygen atoms in total. The van der Waals surface area contributed by atoms with E-state index in [9.17, 15) is 26.7 Å². The van der Waals surface area contributed by atoms with Crippen molar-refractivity contribution >= 4 is 11.6 Å². The zero-order chi connectivity index (χ0) is 15.0. The Morgan fingerprint density at radius 2 is 1.55 bits per heavy atom. The lowest BCUT2D eigenvalue weighted by atomic mass is 10.2. The number of nitrogens with one attached hydrogen (secondary N) is 1. The normalized spacial score (nSPS) is 19.0. The molecular weight excluding hydrogens is 283 g/mol. The summed E-state index contributed by atoms with van der Waals surface area (Å²) >= 11 is 0. The average Bonchev–Trinajstić information content (AvgIpc) is 2.77. The first-order chi connectivity index (χ1) is 9.40. The highest BCUT2D eigenvalue weighted by molar-refractivity contribution is 5.99. The fourth-order valence-corrected chi connectivity index (χ4v) is 2.17. The van der Waals surface area contributed by atoms with Crippen LogP contribution in [0.3, 0.4) is 0 Å². The smallest absolute Gasteiger partial charge is 0.244 e. The zero-order valence-corrected chi connectivity index (χ0v) is 10.4. The van der Waals surface area contributed by atoms with Crippen LogP contribution in [-0.2, 0) is 4.79 Å². The Morgan fingerprint density at radius 1 is 1.05 bits per heavy atom. The van der Waals surface area contributed by atoms with E-state index < -0.39 is 46.7 Å². The minimum Gasteiger partial charge on any atom is -0.306 e. The number of benzene rings is 1. The SMILES string of the molecule is CCNC1CCN(c2c(F)c(F)c(F)c(F)c2F)C1=O. The predicted molar refractivity (Wildman–Crippen MR) is 60.7 cm³/mol. The van der Waals surface area contributed by atoms with Crippen LogP contribution in [0.25, 0.3) is 0 Å². The maximum Gasteiger partial charge on any atom is 0.244 e. The maximum absolute atomic E-state index is 13.6. The minimum atomic E-state index is -2.24. The van der Waals surface area contributed by atoms with Gasteiger partial charge in [0.25, 0.3) is 0 Å². The third-order valence-electron chi connectivity index (χ3n) is 3.11. The van der Waals surface area contributed by atoms with Crippen LogP contribution in [0, 0.1) is 29.1 Å². The largest absolute Gasteiger partial charge is 0.306 e. The van der Waals surface area contributed by atoms with E-state index in [4.69, 9.17) is 0 Å². The average molecular weight is 294 g/mol. The number of anilines is 1. The van der Waals surface area contributed by atoms with Gasteiger partial charge >= 0.3 is 0 Å². The van der Waals surface area contributed by atoms with Gasteiger partial charge in [-0.1, -0.05) is 6.92 Å². The molecule has 0 saturated carbocycles. The van der Waals surface area contributed by atoms with Crippen LogP contribution in [0.15, 0.2) is 0 Å². The monoisotopic (exact) mass is 294 g/mol. The Hall–Kier alpha value is -1.70. The molecule has 2 rings (SSSR count). The van der Waals surface area contributed by atoms with Gasteiger partial charge in [0.15, 0.2) is 23.3 Å². The molecule has 8 heteroatoms. The minimum absolute atomic E-state index is 0.116. The fourth-order valence-electron chi connectivity index (χ4n) is 2.17. The number of hydrogen-bond acceptors (Lipinski definition) is 2. The van der Waals surface area contributed by atoms with Crippen molar-refractivity contribution in [3.63, 3.8) is 0 Å². The highest BCUT2D eigenvalue weighted by Gasteiger charge is 2.38. The Kier molecular flexibility index (Phi) is 3.94. The zero-order valence-electron chi connectivity index (χ0n) is 10.4. The van der Waals surface area contributed by atoms with E-state index in [0.717, 1.165) is 0 Å². The number of halogens is 5. The molecule has 1 aromatic rings. The molecular formula is C12H11F5N2O. The lowest BCUT2D eigenvalue weighted by Gasteiger charge is -2.19. The summed E-state index contributed by atoms with van der Waals surface area (Å²) in [5, 5.41) is 2.78. The second-order valence-corrected chi connectivity index (χ2v) is 4.31. The van der Waals surface area contributed by atoms with Crippen LogP contribution >= 0.6 is 0 Å². The molecule has 0 bridgehead atoms. The van der Waals surface area contributed by atoms with E-state index in [2.05, 4.69) is 5.32 Å². The Labute approximate surface area is 111 Å². The van der Waals surface area contributed by atoms with Crippen molar-refractivity contribution in [3.8, 4) is 0 Å². The van der Waals surface area contributed by atoms with Crippen LogP contribution in [0.5, 0.6) is 0 Å². The van der Waals surface area contributed by atoms with E-state index in [1.807, 2.05) is 0 Å². The molecule has 0 aromatic heterocycles. The maximum atomic E-state index is 13.6. The van der Waals surface area contributed by atoms with Crippen molar-refractivity contribution in [2.45, 2.75) is 19.4 Å². The van der Waals surface area contributed by atoms with Crippen molar-refractivity contribution < 1.29 is 26.7 Å². The first-order valence-electron chi connectivity index (χ1n) is 5.96.